The van der Waals surface area contributed by atoms with E-state index in [2.05, 4.69) is 22.0 Å². The third kappa shape index (κ3) is 4.15. The lowest BCUT2D eigenvalue weighted by Crippen LogP contribution is -2.11. The van der Waals surface area contributed by atoms with E-state index in [4.69, 9.17) is 16.6 Å². The van der Waals surface area contributed by atoms with E-state index in [0.29, 0.717) is 11.3 Å². The third-order valence-corrected chi connectivity index (χ3v) is 5.18. The molecule has 1 aromatic heterocycles. The second kappa shape index (κ2) is 8.05. The largest absolute Gasteiger partial charge is 0.331 e. The maximum absolute atomic E-state index is 13.3. The van der Waals surface area contributed by atoms with Crippen molar-refractivity contribution in [2.45, 2.75) is 12.8 Å². The highest BCUT2D eigenvalue weighted by Gasteiger charge is 2.12. The van der Waals surface area contributed by atoms with Gasteiger partial charge in [0.15, 0.2) is 0 Å². The molecule has 29 heavy (non-hydrogen) atoms. The predicted molar refractivity (Wildman–Crippen MR) is 114 cm³/mol. The Morgan fingerprint density at radius 3 is 2.62 bits per heavy atom. The van der Waals surface area contributed by atoms with Crippen LogP contribution in [0.2, 0.25) is 5.02 Å². The number of hydrogen-bond acceptors (Lipinski definition) is 2. The number of fused-ring (bicyclic) bond motifs is 1. The molecular formula is C23H19ClFN3O. The fourth-order valence-corrected chi connectivity index (χ4v) is 3.47. The number of benzene rings is 3. The average Bonchev–Trinajstić information content (AvgIpc) is 3.04. The van der Waals surface area contributed by atoms with E-state index in [1.807, 2.05) is 43.4 Å². The number of aromatic nitrogens is 2. The molecule has 4 rings (SSSR count). The van der Waals surface area contributed by atoms with Crippen molar-refractivity contribution in [3.05, 3.63) is 94.5 Å². The van der Waals surface area contributed by atoms with Crippen LogP contribution in [0.5, 0.6) is 0 Å². The Hall–Kier alpha value is -3.18. The van der Waals surface area contributed by atoms with E-state index < -0.39 is 5.82 Å². The fraction of sp³-hybridized carbons (Fsp3) is 0.130. The third-order valence-electron chi connectivity index (χ3n) is 4.89. The summed E-state index contributed by atoms with van der Waals surface area (Å²) in [5.74, 6) is 0.0743. The Morgan fingerprint density at radius 2 is 1.86 bits per heavy atom. The molecule has 4 aromatic rings. The number of amides is 1. The summed E-state index contributed by atoms with van der Waals surface area (Å²) in [7, 11) is 1.99. The molecule has 4 nitrogen and oxygen atoms in total. The van der Waals surface area contributed by atoms with E-state index in [9.17, 15) is 9.18 Å². The summed E-state index contributed by atoms with van der Waals surface area (Å²) in [4.78, 5) is 17.2. The highest BCUT2D eigenvalue weighted by atomic mass is 35.5. The van der Waals surface area contributed by atoms with Gasteiger partial charge in [0, 0.05) is 24.7 Å². The molecule has 0 aliphatic heterocycles. The smallest absolute Gasteiger partial charge is 0.255 e. The zero-order valence-electron chi connectivity index (χ0n) is 15.8. The number of aryl methyl sites for hydroxylation is 3. The maximum atomic E-state index is 13.3. The normalized spacial score (nSPS) is 11.0. The minimum Gasteiger partial charge on any atom is -0.331 e. The van der Waals surface area contributed by atoms with Crippen LogP contribution in [0, 0.1) is 5.82 Å². The number of nitrogens with zero attached hydrogens (tertiary/aromatic N) is 2. The maximum Gasteiger partial charge on any atom is 0.255 e. The van der Waals surface area contributed by atoms with Gasteiger partial charge in [-0.3, -0.25) is 4.79 Å². The molecule has 0 unspecified atom stereocenters. The van der Waals surface area contributed by atoms with Crippen LogP contribution in [0.4, 0.5) is 10.1 Å². The first-order chi connectivity index (χ1) is 14.0. The predicted octanol–water partition coefficient (Wildman–Crippen LogP) is 5.40. The fourth-order valence-electron chi connectivity index (χ4n) is 3.29. The molecule has 3 aromatic carbocycles. The molecule has 0 saturated carbocycles. The highest BCUT2D eigenvalue weighted by molar-refractivity contribution is 6.31. The van der Waals surface area contributed by atoms with E-state index in [1.165, 1.54) is 23.8 Å². The molecule has 1 N–H and O–H groups in total. The lowest BCUT2D eigenvalue weighted by Gasteiger charge is -2.06. The zero-order valence-corrected chi connectivity index (χ0v) is 16.6. The molecular weight excluding hydrogens is 389 g/mol. The Labute approximate surface area is 173 Å². The molecule has 0 saturated heterocycles. The van der Waals surface area contributed by atoms with Crippen LogP contribution in [0.25, 0.3) is 11.0 Å². The van der Waals surface area contributed by atoms with E-state index in [-0.39, 0.29) is 10.9 Å². The number of nitrogens with one attached hydrogen (secondary N) is 1. The second-order valence-electron chi connectivity index (χ2n) is 6.86. The molecule has 1 heterocycles. The Bertz CT molecular complexity index is 1190. The van der Waals surface area contributed by atoms with Crippen molar-refractivity contribution in [2.24, 2.45) is 7.05 Å². The van der Waals surface area contributed by atoms with Gasteiger partial charge in [-0.1, -0.05) is 41.9 Å². The van der Waals surface area contributed by atoms with Crippen LogP contribution in [-0.2, 0) is 19.9 Å². The summed E-state index contributed by atoms with van der Waals surface area (Å²) in [6.07, 6.45) is 1.73. The first kappa shape index (κ1) is 19.2. The molecule has 0 spiro atoms. The number of anilines is 1. The monoisotopic (exact) mass is 407 g/mol. The first-order valence-corrected chi connectivity index (χ1v) is 9.65. The Kier molecular flexibility index (Phi) is 5.32. The molecule has 0 fully saturated rings. The van der Waals surface area contributed by atoms with Crippen LogP contribution in [0.1, 0.15) is 21.7 Å². The van der Waals surface area contributed by atoms with Crippen LogP contribution in [0.3, 0.4) is 0 Å². The van der Waals surface area contributed by atoms with Gasteiger partial charge in [-0.05, 0) is 48.4 Å². The van der Waals surface area contributed by atoms with Gasteiger partial charge in [-0.25, -0.2) is 9.37 Å². The van der Waals surface area contributed by atoms with Crippen molar-refractivity contribution in [3.63, 3.8) is 0 Å². The number of carbonyl (C=O) groups excluding carboxylic acids is 1. The summed E-state index contributed by atoms with van der Waals surface area (Å²) in [6.45, 7) is 0. The molecule has 6 heteroatoms. The Balaban J connectivity index is 1.53. The van der Waals surface area contributed by atoms with Crippen LogP contribution in [0.15, 0.2) is 66.7 Å². The number of carbonyl (C=O) groups is 1. The van der Waals surface area contributed by atoms with Crippen molar-refractivity contribution >= 4 is 34.2 Å². The summed E-state index contributed by atoms with van der Waals surface area (Å²) in [5.41, 5.74) is 3.99. The van der Waals surface area contributed by atoms with Gasteiger partial charge < -0.3 is 9.88 Å². The van der Waals surface area contributed by atoms with Crippen molar-refractivity contribution in [2.75, 3.05) is 5.32 Å². The van der Waals surface area contributed by atoms with Crippen molar-refractivity contribution in [1.82, 2.24) is 9.55 Å². The molecule has 0 radical (unpaired) electrons. The van der Waals surface area contributed by atoms with E-state index in [0.717, 1.165) is 29.7 Å². The van der Waals surface area contributed by atoms with Gasteiger partial charge >= 0.3 is 0 Å². The van der Waals surface area contributed by atoms with Crippen molar-refractivity contribution in [1.29, 1.82) is 0 Å². The summed E-state index contributed by atoms with van der Waals surface area (Å²) in [5, 5.41) is 2.73. The summed E-state index contributed by atoms with van der Waals surface area (Å²) < 4.78 is 15.4. The summed E-state index contributed by atoms with van der Waals surface area (Å²) >= 11 is 5.77. The van der Waals surface area contributed by atoms with Gasteiger partial charge in [0.1, 0.15) is 11.6 Å². The van der Waals surface area contributed by atoms with Crippen molar-refractivity contribution < 1.29 is 9.18 Å². The standard InChI is InChI=1S/C23H19ClFN3O/c1-28-21-11-9-17(26-23(29)16-8-10-19(25)18(24)13-16)14-20(21)27-22(28)12-7-15-5-3-2-4-6-15/h2-6,8-11,13-14H,7,12H2,1H3,(H,26,29). The zero-order chi connectivity index (χ0) is 20.4. The SMILES string of the molecule is Cn1c(CCc2ccccc2)nc2cc(NC(=O)c3ccc(F)c(Cl)c3)ccc21. The van der Waals surface area contributed by atoms with E-state index >= 15 is 0 Å². The van der Waals surface area contributed by atoms with Gasteiger partial charge in [0.25, 0.3) is 5.91 Å². The van der Waals surface area contributed by atoms with Gasteiger partial charge in [-0.2, -0.15) is 0 Å². The average molecular weight is 408 g/mol. The first-order valence-electron chi connectivity index (χ1n) is 9.27. The van der Waals surface area contributed by atoms with Crippen LogP contribution < -0.4 is 5.32 Å². The second-order valence-corrected chi connectivity index (χ2v) is 7.27. The number of hydrogen-bond donors (Lipinski definition) is 1. The van der Waals surface area contributed by atoms with Gasteiger partial charge in [-0.15, -0.1) is 0 Å². The molecule has 0 bridgehead atoms. The highest BCUT2D eigenvalue weighted by Crippen LogP contribution is 2.22. The van der Waals surface area contributed by atoms with Gasteiger partial charge in [0.2, 0.25) is 0 Å². The molecule has 146 valence electrons. The Morgan fingerprint density at radius 1 is 1.07 bits per heavy atom. The minimum atomic E-state index is -0.554. The lowest BCUT2D eigenvalue weighted by atomic mass is 10.1. The molecule has 0 atom stereocenters. The van der Waals surface area contributed by atoms with Crippen molar-refractivity contribution in [3.8, 4) is 0 Å². The van der Waals surface area contributed by atoms with E-state index in [1.54, 1.807) is 0 Å². The molecule has 1 amide bonds. The molecule has 0 aliphatic carbocycles. The van der Waals surface area contributed by atoms with Gasteiger partial charge in [0.05, 0.1) is 16.1 Å². The minimum absolute atomic E-state index is 0.0825. The number of rotatable bonds is 5. The number of imidazole rings is 1. The van der Waals surface area contributed by atoms with Crippen LogP contribution in [-0.4, -0.2) is 15.5 Å². The molecule has 0 aliphatic rings. The summed E-state index contributed by atoms with van der Waals surface area (Å²) in [6, 6.07) is 19.8. The number of halogens is 2. The quantitative estimate of drug-likeness (QED) is 0.481. The van der Waals surface area contributed by atoms with Crippen LogP contribution >= 0.6 is 11.6 Å². The lowest BCUT2D eigenvalue weighted by molar-refractivity contribution is 0.102. The topological polar surface area (TPSA) is 46.9 Å².